The zero-order valence-electron chi connectivity index (χ0n) is 16.4. The third-order valence-electron chi connectivity index (χ3n) is 7.50. The van der Waals surface area contributed by atoms with Crippen molar-refractivity contribution in [1.82, 2.24) is 4.90 Å². The minimum atomic E-state index is 0.693. The molecule has 2 heteroatoms. The van der Waals surface area contributed by atoms with E-state index < -0.39 is 0 Å². The van der Waals surface area contributed by atoms with Crippen molar-refractivity contribution in [3.8, 4) is 16.9 Å². The fraction of sp³-hybridized carbons (Fsp3) is 0.520. The van der Waals surface area contributed by atoms with E-state index in [4.69, 9.17) is 4.74 Å². The number of piperidine rings is 1. The Balaban J connectivity index is 1.31. The molecule has 0 aromatic heterocycles. The number of hydrogen-bond acceptors (Lipinski definition) is 2. The second kappa shape index (κ2) is 7.31. The van der Waals surface area contributed by atoms with Crippen LogP contribution in [0.3, 0.4) is 0 Å². The average molecular weight is 362 g/mol. The van der Waals surface area contributed by atoms with Crippen LogP contribution in [0.4, 0.5) is 0 Å². The predicted octanol–water partition coefficient (Wildman–Crippen LogP) is 5.73. The predicted molar refractivity (Wildman–Crippen MR) is 111 cm³/mol. The van der Waals surface area contributed by atoms with E-state index in [-0.39, 0.29) is 0 Å². The van der Waals surface area contributed by atoms with E-state index in [9.17, 15) is 0 Å². The number of hydrogen-bond donors (Lipinski definition) is 0. The van der Waals surface area contributed by atoms with Gasteiger partial charge in [0.2, 0.25) is 0 Å². The van der Waals surface area contributed by atoms with Gasteiger partial charge in [0.15, 0.2) is 0 Å². The molecule has 2 nitrogen and oxygen atoms in total. The molecule has 142 valence electrons. The summed E-state index contributed by atoms with van der Waals surface area (Å²) in [4.78, 5) is 2.84. The molecule has 0 radical (unpaired) electrons. The molecule has 0 spiro atoms. The van der Waals surface area contributed by atoms with Gasteiger partial charge in [0.1, 0.15) is 5.75 Å². The maximum absolute atomic E-state index is 5.33. The molecule has 5 rings (SSSR count). The minimum absolute atomic E-state index is 0.693. The van der Waals surface area contributed by atoms with Gasteiger partial charge in [-0.1, -0.05) is 42.8 Å². The summed E-state index contributed by atoms with van der Waals surface area (Å²) in [5.41, 5.74) is 4.25. The molecule has 0 N–H and O–H groups in total. The maximum atomic E-state index is 5.33. The highest BCUT2D eigenvalue weighted by atomic mass is 16.5. The Morgan fingerprint density at radius 3 is 2.30 bits per heavy atom. The molecule has 2 aliphatic carbocycles. The van der Waals surface area contributed by atoms with E-state index in [1.54, 1.807) is 7.11 Å². The number of benzene rings is 2. The van der Waals surface area contributed by atoms with Crippen LogP contribution in [0.1, 0.15) is 50.0 Å². The first-order chi connectivity index (χ1) is 13.3. The van der Waals surface area contributed by atoms with Gasteiger partial charge in [-0.2, -0.15) is 0 Å². The average Bonchev–Trinajstić information content (AvgIpc) is 3.38. The molecule has 0 amide bonds. The highest BCUT2D eigenvalue weighted by molar-refractivity contribution is 5.68. The molecule has 3 aliphatic rings. The van der Waals surface area contributed by atoms with Crippen molar-refractivity contribution in [2.75, 3.05) is 20.2 Å². The highest BCUT2D eigenvalue weighted by Crippen LogP contribution is 2.48. The third-order valence-corrected chi connectivity index (χ3v) is 7.50. The summed E-state index contributed by atoms with van der Waals surface area (Å²) in [5.74, 6) is 3.68. The monoisotopic (exact) mass is 361 g/mol. The van der Waals surface area contributed by atoms with E-state index in [0.717, 1.165) is 23.6 Å². The smallest absolute Gasteiger partial charge is 0.118 e. The van der Waals surface area contributed by atoms with Gasteiger partial charge in [0, 0.05) is 6.04 Å². The van der Waals surface area contributed by atoms with Crippen molar-refractivity contribution in [3.05, 3.63) is 54.1 Å². The molecule has 1 saturated heterocycles. The quantitative estimate of drug-likeness (QED) is 0.689. The molecule has 2 aromatic carbocycles. The molecular formula is C25H31NO. The van der Waals surface area contributed by atoms with Gasteiger partial charge in [-0.15, -0.1) is 0 Å². The molecule has 2 aromatic rings. The van der Waals surface area contributed by atoms with Crippen LogP contribution in [0, 0.1) is 11.8 Å². The highest BCUT2D eigenvalue weighted by Gasteiger charge is 2.42. The Kier molecular flexibility index (Phi) is 4.69. The zero-order valence-corrected chi connectivity index (χ0v) is 16.4. The van der Waals surface area contributed by atoms with Gasteiger partial charge in [-0.3, -0.25) is 0 Å². The summed E-state index contributed by atoms with van der Waals surface area (Å²) in [6.07, 6.45) is 8.62. The molecule has 1 heterocycles. The van der Waals surface area contributed by atoms with E-state index >= 15 is 0 Å². The number of ether oxygens (including phenoxy) is 1. The number of nitrogens with zero attached hydrogens (tertiary/aromatic N) is 1. The van der Waals surface area contributed by atoms with Gasteiger partial charge in [-0.25, -0.2) is 0 Å². The number of fused-ring (bicyclic) bond motifs is 2. The molecular weight excluding hydrogens is 330 g/mol. The molecule has 1 aliphatic heterocycles. The molecule has 27 heavy (non-hydrogen) atoms. The van der Waals surface area contributed by atoms with Crippen molar-refractivity contribution in [2.24, 2.45) is 11.8 Å². The van der Waals surface area contributed by atoms with Crippen LogP contribution in [0.5, 0.6) is 5.75 Å². The normalized spacial score (nSPS) is 28.6. The minimum Gasteiger partial charge on any atom is -0.497 e. The SMILES string of the molecule is COc1ccc(-c2ccccc2C2CCN([C@H]3C[C@H]4CC[C@H]3C4)CC2)cc1. The number of likely N-dealkylation sites (tertiary alicyclic amines) is 1. The second-order valence-corrected chi connectivity index (χ2v) is 8.87. The zero-order chi connectivity index (χ0) is 18.2. The lowest BCUT2D eigenvalue weighted by Gasteiger charge is -2.40. The van der Waals surface area contributed by atoms with Crippen LogP contribution in [0.25, 0.3) is 11.1 Å². The summed E-state index contributed by atoms with van der Waals surface area (Å²) in [7, 11) is 1.73. The van der Waals surface area contributed by atoms with Gasteiger partial charge in [0.05, 0.1) is 7.11 Å². The maximum Gasteiger partial charge on any atom is 0.118 e. The first-order valence-corrected chi connectivity index (χ1v) is 10.8. The van der Waals surface area contributed by atoms with Gasteiger partial charge >= 0.3 is 0 Å². The van der Waals surface area contributed by atoms with Gasteiger partial charge < -0.3 is 9.64 Å². The van der Waals surface area contributed by atoms with Gasteiger partial charge in [0.25, 0.3) is 0 Å². The van der Waals surface area contributed by atoms with Crippen LogP contribution in [-0.4, -0.2) is 31.1 Å². The van der Waals surface area contributed by atoms with E-state index in [1.165, 1.54) is 68.3 Å². The summed E-state index contributed by atoms with van der Waals surface area (Å²) < 4.78 is 5.33. The van der Waals surface area contributed by atoms with E-state index in [1.807, 2.05) is 0 Å². The molecule has 0 unspecified atom stereocenters. The van der Waals surface area contributed by atoms with Crippen molar-refractivity contribution in [3.63, 3.8) is 0 Å². The van der Waals surface area contributed by atoms with Crippen LogP contribution in [-0.2, 0) is 0 Å². The number of methoxy groups -OCH3 is 1. The molecule has 3 atom stereocenters. The van der Waals surface area contributed by atoms with Crippen molar-refractivity contribution < 1.29 is 4.74 Å². The van der Waals surface area contributed by atoms with Crippen molar-refractivity contribution in [1.29, 1.82) is 0 Å². The molecule has 2 saturated carbocycles. The summed E-state index contributed by atoms with van der Waals surface area (Å²) in [6.45, 7) is 2.57. The lowest BCUT2D eigenvalue weighted by atomic mass is 9.83. The Hall–Kier alpha value is -1.80. The lowest BCUT2D eigenvalue weighted by Crippen LogP contribution is -2.43. The van der Waals surface area contributed by atoms with Crippen LogP contribution >= 0.6 is 0 Å². The molecule has 2 bridgehead atoms. The van der Waals surface area contributed by atoms with Crippen LogP contribution in [0.2, 0.25) is 0 Å². The Morgan fingerprint density at radius 2 is 1.63 bits per heavy atom. The lowest BCUT2D eigenvalue weighted by molar-refractivity contribution is 0.111. The third kappa shape index (κ3) is 3.29. The van der Waals surface area contributed by atoms with Crippen molar-refractivity contribution in [2.45, 2.75) is 50.5 Å². The van der Waals surface area contributed by atoms with Gasteiger partial charge in [-0.05, 0) is 91.8 Å². The summed E-state index contributed by atoms with van der Waals surface area (Å²) in [5, 5.41) is 0. The summed E-state index contributed by atoms with van der Waals surface area (Å²) >= 11 is 0. The fourth-order valence-corrected chi connectivity index (χ4v) is 6.09. The topological polar surface area (TPSA) is 12.5 Å². The Bertz CT molecular complexity index is 775. The molecule has 3 fully saturated rings. The second-order valence-electron chi connectivity index (χ2n) is 8.87. The summed E-state index contributed by atoms with van der Waals surface area (Å²) in [6, 6.07) is 18.5. The Labute approximate surface area is 163 Å². The van der Waals surface area contributed by atoms with Crippen LogP contribution < -0.4 is 4.74 Å². The Morgan fingerprint density at radius 1 is 0.852 bits per heavy atom. The van der Waals surface area contributed by atoms with E-state index in [2.05, 4.69) is 53.4 Å². The first kappa shape index (κ1) is 17.3. The largest absolute Gasteiger partial charge is 0.497 e. The standard InChI is InChI=1S/C25H31NO/c1-27-22-10-8-19(9-11-22)23-4-2-3-5-24(23)20-12-14-26(15-13-20)25-17-18-6-7-21(25)16-18/h2-5,8-11,18,20-21,25H,6-7,12-17H2,1H3/t18-,21-,25-/m0/s1. The van der Waals surface area contributed by atoms with Crippen LogP contribution in [0.15, 0.2) is 48.5 Å². The first-order valence-electron chi connectivity index (χ1n) is 10.8. The van der Waals surface area contributed by atoms with Crippen molar-refractivity contribution >= 4 is 0 Å². The van der Waals surface area contributed by atoms with E-state index in [0.29, 0.717) is 5.92 Å². The number of rotatable bonds is 4. The fourth-order valence-electron chi connectivity index (χ4n) is 6.09.